The van der Waals surface area contributed by atoms with Crippen LogP contribution in [-0.2, 0) is 4.79 Å². The molecule has 15 heavy (non-hydrogen) atoms. The Morgan fingerprint density at radius 3 is 2.80 bits per heavy atom. The molecule has 0 aromatic carbocycles. The third kappa shape index (κ3) is 2.69. The first kappa shape index (κ1) is 10.9. The van der Waals surface area contributed by atoms with Gasteiger partial charge < -0.3 is 9.80 Å². The van der Waals surface area contributed by atoms with Gasteiger partial charge >= 0.3 is 0 Å². The van der Waals surface area contributed by atoms with E-state index >= 15 is 0 Å². The van der Waals surface area contributed by atoms with Crippen LogP contribution in [0.5, 0.6) is 0 Å². The maximum Gasteiger partial charge on any atom is 0.237 e. The Bertz CT molecular complexity index is 226. The molecule has 1 saturated heterocycles. The van der Waals surface area contributed by atoms with Crippen molar-refractivity contribution >= 4 is 5.91 Å². The first-order chi connectivity index (χ1) is 7.27. The first-order valence-electron chi connectivity index (χ1n) is 5.96. The quantitative estimate of drug-likeness (QED) is 0.724. The van der Waals surface area contributed by atoms with Crippen LogP contribution in [0.15, 0.2) is 0 Å². The van der Waals surface area contributed by atoms with Crippen molar-refractivity contribution in [2.45, 2.75) is 31.7 Å². The Labute approximate surface area is 91.6 Å². The monoisotopic (exact) mass is 211 g/mol. The Morgan fingerprint density at radius 1 is 1.47 bits per heavy atom. The lowest BCUT2D eigenvalue weighted by molar-refractivity contribution is -0.126. The van der Waals surface area contributed by atoms with Crippen LogP contribution in [0.1, 0.15) is 25.7 Å². The van der Waals surface area contributed by atoms with Crippen molar-refractivity contribution in [3.63, 3.8) is 0 Å². The van der Waals surface area contributed by atoms with E-state index in [1.807, 2.05) is 4.90 Å². The van der Waals surface area contributed by atoms with Gasteiger partial charge in [-0.1, -0.05) is 12.8 Å². The Hall–Kier alpha value is -0.610. The minimum atomic E-state index is 0.245. The van der Waals surface area contributed by atoms with E-state index in [9.17, 15) is 4.79 Å². The standard InChI is InChI=1S/C11H21N3O/c1-13(10-4-2-3-5-10)6-7-14-9-12-8-11(14)15/h10,12H,2-9H2,1H3. The largest absolute Gasteiger partial charge is 0.328 e. The smallest absolute Gasteiger partial charge is 0.237 e. The molecule has 0 spiro atoms. The summed E-state index contributed by atoms with van der Waals surface area (Å²) in [4.78, 5) is 15.7. The lowest BCUT2D eigenvalue weighted by Gasteiger charge is -2.26. The summed E-state index contributed by atoms with van der Waals surface area (Å²) in [6.07, 6.45) is 5.42. The van der Waals surface area contributed by atoms with Crippen molar-refractivity contribution in [2.75, 3.05) is 33.4 Å². The number of hydrogen-bond acceptors (Lipinski definition) is 3. The van der Waals surface area contributed by atoms with Gasteiger partial charge in [0.2, 0.25) is 5.91 Å². The molecule has 4 heteroatoms. The van der Waals surface area contributed by atoms with E-state index in [1.54, 1.807) is 0 Å². The first-order valence-corrected chi connectivity index (χ1v) is 5.96. The molecule has 1 saturated carbocycles. The predicted molar refractivity (Wildman–Crippen MR) is 59.5 cm³/mol. The molecule has 2 rings (SSSR count). The van der Waals surface area contributed by atoms with E-state index in [0.717, 1.165) is 25.8 Å². The van der Waals surface area contributed by atoms with Crippen LogP contribution in [0.25, 0.3) is 0 Å². The van der Waals surface area contributed by atoms with Gasteiger partial charge in [0.15, 0.2) is 0 Å². The van der Waals surface area contributed by atoms with E-state index in [1.165, 1.54) is 25.7 Å². The van der Waals surface area contributed by atoms with Gasteiger partial charge in [0.1, 0.15) is 0 Å². The average molecular weight is 211 g/mol. The lowest BCUT2D eigenvalue weighted by atomic mass is 10.2. The summed E-state index contributed by atoms with van der Waals surface area (Å²) in [7, 11) is 2.18. The van der Waals surface area contributed by atoms with Gasteiger partial charge in [-0.05, 0) is 19.9 Å². The second-order valence-electron chi connectivity index (χ2n) is 4.66. The molecule has 1 amide bonds. The second-order valence-corrected chi connectivity index (χ2v) is 4.66. The third-order valence-corrected chi connectivity index (χ3v) is 3.60. The van der Waals surface area contributed by atoms with E-state index < -0.39 is 0 Å². The minimum Gasteiger partial charge on any atom is -0.328 e. The summed E-state index contributed by atoms with van der Waals surface area (Å²) in [5.41, 5.74) is 0. The highest BCUT2D eigenvalue weighted by molar-refractivity contribution is 5.79. The van der Waals surface area contributed by atoms with Gasteiger partial charge in [-0.3, -0.25) is 10.1 Å². The number of hydrogen-bond donors (Lipinski definition) is 1. The predicted octanol–water partition coefficient (Wildman–Crippen LogP) is 0.250. The average Bonchev–Trinajstić information content (AvgIpc) is 2.85. The summed E-state index contributed by atoms with van der Waals surface area (Å²) >= 11 is 0. The Balaban J connectivity index is 1.70. The maximum atomic E-state index is 11.4. The highest BCUT2D eigenvalue weighted by Gasteiger charge is 2.22. The zero-order valence-electron chi connectivity index (χ0n) is 9.54. The number of carbonyl (C=O) groups excluding carboxylic acids is 1. The number of nitrogens with one attached hydrogen (secondary N) is 1. The van der Waals surface area contributed by atoms with E-state index in [4.69, 9.17) is 0 Å². The van der Waals surface area contributed by atoms with E-state index in [-0.39, 0.29) is 5.91 Å². The Morgan fingerprint density at radius 2 is 2.20 bits per heavy atom. The molecule has 0 atom stereocenters. The van der Waals surface area contributed by atoms with Crippen LogP contribution in [0.2, 0.25) is 0 Å². The molecule has 0 aromatic rings. The minimum absolute atomic E-state index is 0.245. The number of likely N-dealkylation sites (N-methyl/N-ethyl adjacent to an activating group) is 1. The molecule has 1 N–H and O–H groups in total. The summed E-state index contributed by atoms with van der Waals surface area (Å²) in [5.74, 6) is 0.245. The molecular formula is C11H21N3O. The van der Waals surface area contributed by atoms with Crippen molar-refractivity contribution in [3.05, 3.63) is 0 Å². The van der Waals surface area contributed by atoms with Gasteiger partial charge in [0.05, 0.1) is 13.2 Å². The van der Waals surface area contributed by atoms with Gasteiger partial charge in [-0.25, -0.2) is 0 Å². The number of carbonyl (C=O) groups is 1. The molecule has 0 radical (unpaired) electrons. The molecule has 4 nitrogen and oxygen atoms in total. The maximum absolute atomic E-state index is 11.4. The molecule has 2 aliphatic rings. The lowest BCUT2D eigenvalue weighted by Crippen LogP contribution is -2.38. The number of amides is 1. The molecule has 1 heterocycles. The SMILES string of the molecule is CN(CCN1CNCC1=O)C1CCCC1. The van der Waals surface area contributed by atoms with Gasteiger partial charge in [-0.2, -0.15) is 0 Å². The van der Waals surface area contributed by atoms with Crippen molar-refractivity contribution < 1.29 is 4.79 Å². The molecule has 0 unspecified atom stereocenters. The fourth-order valence-electron chi connectivity index (χ4n) is 2.51. The van der Waals surface area contributed by atoms with Crippen LogP contribution in [0, 0.1) is 0 Å². The van der Waals surface area contributed by atoms with Crippen molar-refractivity contribution in [3.8, 4) is 0 Å². The molecule has 2 fully saturated rings. The fraction of sp³-hybridized carbons (Fsp3) is 0.909. The van der Waals surface area contributed by atoms with Crippen LogP contribution < -0.4 is 5.32 Å². The molecule has 0 aromatic heterocycles. The molecular weight excluding hydrogens is 190 g/mol. The topological polar surface area (TPSA) is 35.6 Å². The van der Waals surface area contributed by atoms with Gasteiger partial charge in [0, 0.05) is 19.1 Å². The van der Waals surface area contributed by atoms with Crippen LogP contribution in [0.4, 0.5) is 0 Å². The fourth-order valence-corrected chi connectivity index (χ4v) is 2.51. The second kappa shape index (κ2) is 4.94. The van der Waals surface area contributed by atoms with Crippen molar-refractivity contribution in [2.24, 2.45) is 0 Å². The number of nitrogens with zero attached hydrogens (tertiary/aromatic N) is 2. The van der Waals surface area contributed by atoms with E-state index in [0.29, 0.717) is 6.54 Å². The number of rotatable bonds is 4. The summed E-state index contributed by atoms with van der Waals surface area (Å²) < 4.78 is 0. The normalized spacial score (nSPS) is 23.3. The zero-order chi connectivity index (χ0) is 10.7. The molecule has 86 valence electrons. The summed E-state index contributed by atoms with van der Waals surface area (Å²) in [6.45, 7) is 3.14. The zero-order valence-corrected chi connectivity index (χ0v) is 9.54. The van der Waals surface area contributed by atoms with E-state index in [2.05, 4.69) is 17.3 Å². The van der Waals surface area contributed by atoms with Crippen LogP contribution in [-0.4, -0.2) is 55.1 Å². The van der Waals surface area contributed by atoms with Crippen LogP contribution >= 0.6 is 0 Å². The van der Waals surface area contributed by atoms with Crippen LogP contribution in [0.3, 0.4) is 0 Å². The highest BCUT2D eigenvalue weighted by atomic mass is 16.2. The third-order valence-electron chi connectivity index (χ3n) is 3.60. The van der Waals surface area contributed by atoms with Gasteiger partial charge in [-0.15, -0.1) is 0 Å². The Kier molecular flexibility index (Phi) is 3.59. The molecule has 0 bridgehead atoms. The van der Waals surface area contributed by atoms with Crippen molar-refractivity contribution in [1.82, 2.24) is 15.1 Å². The highest BCUT2D eigenvalue weighted by Crippen LogP contribution is 2.22. The van der Waals surface area contributed by atoms with Gasteiger partial charge in [0.25, 0.3) is 0 Å². The van der Waals surface area contributed by atoms with Crippen molar-refractivity contribution in [1.29, 1.82) is 0 Å². The summed E-state index contributed by atoms with van der Waals surface area (Å²) in [5, 5.41) is 3.07. The molecule has 1 aliphatic carbocycles. The summed E-state index contributed by atoms with van der Waals surface area (Å²) in [6, 6.07) is 0.760. The molecule has 1 aliphatic heterocycles.